The van der Waals surface area contributed by atoms with Crippen LogP contribution in [0.4, 0.5) is 0 Å². The van der Waals surface area contributed by atoms with Crippen LogP contribution in [0.3, 0.4) is 0 Å². The van der Waals surface area contributed by atoms with Crippen molar-refractivity contribution in [2.75, 3.05) is 27.4 Å². The molecule has 2 aromatic heterocycles. The Morgan fingerprint density at radius 3 is 1.14 bits per heavy atom. The highest BCUT2D eigenvalue weighted by Crippen LogP contribution is 2.45. The SMILES string of the molecule is CO[Si](OC)(OC(C(C)C(C)C(C)C)C(C)C(C)C(C)C(C)C)[O][Al]([O]c1cc(O)c2c(=O)c(OC3OC(COC4OC(C)C(O)C(O)C4O)C(O)C(O)C3O)c(-c3ccc(O)c(O)c3)oc2c1)[O]c1cc(O)c2c(=O)c(OC3OC(COC4OC(C)C(O)C(O)C4O)C(O)C(O)C3O)c(-c3ccc(O)c(O)c3)oc2c1. The van der Waals surface area contributed by atoms with Gasteiger partial charge in [0.2, 0.25) is 34.9 Å². The fourth-order valence-corrected chi connectivity index (χ4v) is 17.9. The third-order valence-corrected chi connectivity index (χ3v) is 26.1. The molecule has 4 aliphatic rings. The fourth-order valence-electron chi connectivity index (χ4n) is 13.7. The van der Waals surface area contributed by atoms with Crippen LogP contribution >= 0.6 is 0 Å². The van der Waals surface area contributed by atoms with Gasteiger partial charge in [0.1, 0.15) is 119 Å². The van der Waals surface area contributed by atoms with Crippen LogP contribution in [0.25, 0.3) is 44.6 Å². The lowest BCUT2D eigenvalue weighted by atomic mass is 9.71. The minimum atomic E-state index is -4.72. The lowest BCUT2D eigenvalue weighted by molar-refractivity contribution is -0.318. The summed E-state index contributed by atoms with van der Waals surface area (Å²) in [6, 6.07) is 10.3. The molecule has 38 heteroatoms. The summed E-state index contributed by atoms with van der Waals surface area (Å²) in [7, 11) is -2.21. The van der Waals surface area contributed by atoms with Crippen LogP contribution in [0.2, 0.25) is 0 Å². The Balaban J connectivity index is 1.06. The van der Waals surface area contributed by atoms with E-state index >= 15 is 9.59 Å². The minimum absolute atomic E-state index is 0.00370. The molecular formula is C73H99AlO36Si. The Morgan fingerprint density at radius 2 is 0.775 bits per heavy atom. The van der Waals surface area contributed by atoms with Gasteiger partial charge in [-0.15, -0.1) is 0 Å². The van der Waals surface area contributed by atoms with Crippen LogP contribution in [-0.4, -0.2) is 272 Å². The van der Waals surface area contributed by atoms with E-state index in [9.17, 15) is 91.9 Å². The van der Waals surface area contributed by atoms with E-state index in [1.54, 1.807) is 0 Å². The Hall–Kier alpha value is -6.83. The molecular weight excluding hydrogens is 1510 g/mol. The van der Waals surface area contributed by atoms with Crippen LogP contribution in [0.1, 0.15) is 76.2 Å². The number of benzene rings is 4. The molecule has 111 heavy (non-hydrogen) atoms. The van der Waals surface area contributed by atoms with Gasteiger partial charge in [-0.1, -0.05) is 62.3 Å². The number of phenolic OH excluding ortho intramolecular Hbond substituents is 6. The van der Waals surface area contributed by atoms with Crippen molar-refractivity contribution in [3.8, 4) is 80.1 Å². The molecule has 36 nitrogen and oxygen atoms in total. The molecule has 6 aromatic rings. The number of aliphatic hydroxyl groups excluding tert-OH is 12. The number of aliphatic hydroxyl groups is 12. The molecule has 0 amide bonds. The third-order valence-electron chi connectivity index (χ3n) is 21.7. The smallest absolute Gasteiger partial charge is 0.588 e. The molecule has 6 heterocycles. The highest BCUT2D eigenvalue weighted by Gasteiger charge is 2.59. The predicted molar refractivity (Wildman–Crippen MR) is 385 cm³/mol. The third kappa shape index (κ3) is 18.2. The number of hydrogen-bond acceptors (Lipinski definition) is 36. The summed E-state index contributed by atoms with van der Waals surface area (Å²) in [5, 5.41) is 195. The first-order valence-corrected chi connectivity index (χ1v) is 39.1. The minimum Gasteiger partial charge on any atom is -0.588 e. The largest absolute Gasteiger partial charge is 1.09 e. The number of rotatable bonds is 29. The molecule has 4 aliphatic heterocycles. The molecule has 26 atom stereocenters. The molecule has 18 N–H and O–H groups in total. The molecule has 4 aromatic carbocycles. The van der Waals surface area contributed by atoms with E-state index < -0.39 is 268 Å². The Morgan fingerprint density at radius 1 is 0.414 bits per heavy atom. The maximum Gasteiger partial charge on any atom is 1.09 e. The van der Waals surface area contributed by atoms with Gasteiger partial charge in [-0.05, 0) is 91.7 Å². The van der Waals surface area contributed by atoms with E-state index in [4.69, 9.17) is 71.1 Å². The topological polar surface area (TPSA) is 554 Å². The van der Waals surface area contributed by atoms with Gasteiger partial charge in [0.15, 0.2) is 47.1 Å². The zero-order valence-corrected chi connectivity index (χ0v) is 65.0. The number of hydrogen-bond donors (Lipinski definition) is 18. The van der Waals surface area contributed by atoms with Crippen molar-refractivity contribution in [1.82, 2.24) is 0 Å². The first-order valence-electron chi connectivity index (χ1n) is 36.1. The highest BCUT2D eigenvalue weighted by molar-refractivity contribution is 6.62. The van der Waals surface area contributed by atoms with Gasteiger partial charge in [0.25, 0.3) is 0 Å². The van der Waals surface area contributed by atoms with E-state index in [0.29, 0.717) is 0 Å². The monoisotopic (exact) mass is 1610 g/mol. The lowest BCUT2D eigenvalue weighted by Gasteiger charge is -2.42. The first-order chi connectivity index (χ1) is 52.2. The van der Waals surface area contributed by atoms with Crippen LogP contribution in [0.15, 0.2) is 79.1 Å². The maximum absolute atomic E-state index is 15.1. The second kappa shape index (κ2) is 35.5. The van der Waals surface area contributed by atoms with Crippen molar-refractivity contribution in [3.05, 3.63) is 81.1 Å². The predicted octanol–water partition coefficient (Wildman–Crippen LogP) is 1.59. The number of fused-ring (bicyclic) bond motifs is 2. The van der Waals surface area contributed by atoms with Crippen LogP contribution < -0.4 is 27.9 Å². The molecule has 0 bridgehead atoms. The number of aromatic hydroxyl groups is 6. The fraction of sp³-hybridized carbons (Fsp3) is 0.589. The summed E-state index contributed by atoms with van der Waals surface area (Å²) >= 11 is -4.38. The summed E-state index contributed by atoms with van der Waals surface area (Å²) < 4.78 is 98.3. The average Bonchev–Trinajstić information content (AvgIpc) is 0.754. The number of phenols is 6. The van der Waals surface area contributed by atoms with Gasteiger partial charge in [-0.2, -0.15) is 0 Å². The summed E-state index contributed by atoms with van der Waals surface area (Å²) in [6.45, 7) is 20.0. The van der Waals surface area contributed by atoms with Crippen molar-refractivity contribution in [3.63, 3.8) is 0 Å². The number of ether oxygens (including phenoxy) is 8. The zero-order valence-electron chi connectivity index (χ0n) is 62.8. The van der Waals surface area contributed by atoms with Crippen molar-refractivity contribution >= 4 is 46.1 Å². The van der Waals surface area contributed by atoms with Crippen molar-refractivity contribution in [1.29, 1.82) is 0 Å². The zero-order chi connectivity index (χ0) is 81.6. The van der Waals surface area contributed by atoms with E-state index in [1.807, 2.05) is 13.8 Å². The molecule has 0 radical (unpaired) electrons. The normalized spacial score (nSPS) is 30.4. The molecule has 10 rings (SSSR count). The summed E-state index contributed by atoms with van der Waals surface area (Å²) in [5.74, 6) is -8.30. The molecule has 0 aliphatic carbocycles. The van der Waals surface area contributed by atoms with Gasteiger partial charge >= 0.3 is 24.2 Å². The van der Waals surface area contributed by atoms with Gasteiger partial charge in [0.05, 0.1) is 43.0 Å². The lowest BCUT2D eigenvalue weighted by Crippen LogP contribution is -2.61. The molecule has 26 unspecified atom stereocenters. The van der Waals surface area contributed by atoms with E-state index in [0.717, 1.165) is 48.5 Å². The van der Waals surface area contributed by atoms with Crippen LogP contribution in [0.5, 0.6) is 57.5 Å². The van der Waals surface area contributed by atoms with Crippen LogP contribution in [-0.2, 0) is 45.2 Å². The van der Waals surface area contributed by atoms with Crippen molar-refractivity contribution in [2.24, 2.45) is 41.4 Å². The van der Waals surface area contributed by atoms with Crippen LogP contribution in [0, 0.1) is 41.4 Å². The van der Waals surface area contributed by atoms with E-state index in [2.05, 4.69) is 48.5 Å². The molecule has 4 fully saturated rings. The summed E-state index contributed by atoms with van der Waals surface area (Å²) in [5.41, 5.74) is -3.90. The second-order valence-corrected chi connectivity index (χ2v) is 33.5. The van der Waals surface area contributed by atoms with E-state index in [1.165, 1.54) is 40.2 Å². The van der Waals surface area contributed by atoms with Gasteiger partial charge in [0, 0.05) is 49.6 Å². The Labute approximate surface area is 641 Å². The Bertz CT molecular complexity index is 4060. The first kappa shape index (κ1) is 86.6. The Kier molecular flexibility index (Phi) is 27.7. The molecule has 614 valence electrons. The average molecular weight is 1610 g/mol. The van der Waals surface area contributed by atoms with Gasteiger partial charge in [-0.3, -0.25) is 9.59 Å². The summed E-state index contributed by atoms with van der Waals surface area (Å²) in [6.07, 6.45) is -36.2. The summed E-state index contributed by atoms with van der Waals surface area (Å²) in [4.78, 5) is 30.2. The van der Waals surface area contributed by atoms with Gasteiger partial charge < -0.3 is 163 Å². The van der Waals surface area contributed by atoms with Crippen molar-refractivity contribution < 1.29 is 163 Å². The standard InChI is InChI=1S/2C27H30O16.C19H41O4Si.Al/c2*1-8-17(32)20(35)22(37)26(40-8)39-7-15-18(33)21(36)23(38)27(42-15)43-25-19(34)16-13(31)5-10(28)6-14(16)41-24(25)9-2-3-11(29)12(30)4-9;1-12(2)14(5)16(7)18(9)19(17(8)15(6)13(3)4)23-24(20,21-10)22-11;/h2*2-6,8,15,17-18,20-23,26-33,35-38H,7H2,1H3;12-19H,1-11H3;/q;;-1;+3/p-2. The molecule has 0 saturated carbocycles. The van der Waals surface area contributed by atoms with Crippen molar-refractivity contribution in [2.45, 2.75) is 205 Å². The maximum atomic E-state index is 15.1. The highest BCUT2D eigenvalue weighted by atomic mass is 28.4. The second-order valence-electron chi connectivity index (χ2n) is 29.4. The molecule has 0 spiro atoms. The van der Waals surface area contributed by atoms with Gasteiger partial charge in [-0.25, -0.2) is 0 Å². The van der Waals surface area contributed by atoms with E-state index in [-0.39, 0.29) is 52.6 Å². The quantitative estimate of drug-likeness (QED) is 0.0234. The molecule has 4 saturated heterocycles.